The monoisotopic (exact) mass is 164 g/mol. The number of hydrogen-bond acceptors (Lipinski definition) is 4. The summed E-state index contributed by atoms with van der Waals surface area (Å²) in [5.41, 5.74) is 0. The van der Waals surface area contributed by atoms with Gasteiger partial charge in [0.2, 0.25) is 0 Å². The van der Waals surface area contributed by atoms with Crippen molar-refractivity contribution in [3.05, 3.63) is 17.5 Å². The first-order valence-electron chi connectivity index (χ1n) is 2.18. The smallest absolute Gasteiger partial charge is 0.392 e. The van der Waals surface area contributed by atoms with Crippen LogP contribution in [0, 0.1) is 0 Å². The normalized spacial score (nSPS) is 10.1. The summed E-state index contributed by atoms with van der Waals surface area (Å²) in [6.07, 6.45) is 0. The molecule has 5 heteroatoms. The maximum Gasteiger partial charge on any atom is 0.392 e. The molecule has 0 spiro atoms. The maximum atomic E-state index is 8.33. The van der Waals surface area contributed by atoms with Crippen molar-refractivity contribution in [1.82, 2.24) is 0 Å². The summed E-state index contributed by atoms with van der Waals surface area (Å²) in [5, 5.41) is 2.33. The van der Waals surface area contributed by atoms with Gasteiger partial charge in [-0.15, -0.1) is 11.3 Å². The van der Waals surface area contributed by atoms with Crippen LogP contribution >= 0.6 is 19.9 Å². The Kier molecular flexibility index (Phi) is 2.42. The van der Waals surface area contributed by atoms with Gasteiger partial charge in [0.05, 0.1) is 0 Å². The summed E-state index contributed by atoms with van der Waals surface area (Å²) >= 11 is 1.33. The number of thiophene rings is 1. The number of rotatable bonds is 2. The van der Waals surface area contributed by atoms with Crippen LogP contribution in [0.5, 0.6) is 5.06 Å². The summed E-state index contributed by atoms with van der Waals surface area (Å²) in [5.74, 6) is 0. The second-order valence-corrected chi connectivity index (χ2v) is 2.87. The first-order chi connectivity index (χ1) is 4.29. The molecule has 0 aromatic carbocycles. The Morgan fingerprint density at radius 2 is 2.33 bits per heavy atom. The van der Waals surface area contributed by atoms with Crippen LogP contribution in [0.25, 0.3) is 0 Å². The lowest BCUT2D eigenvalue weighted by molar-refractivity contribution is 0.379. The largest absolute Gasteiger partial charge is 0.417 e. The van der Waals surface area contributed by atoms with Crippen molar-refractivity contribution in [3.63, 3.8) is 0 Å². The van der Waals surface area contributed by atoms with Crippen LogP contribution in [-0.4, -0.2) is 9.79 Å². The SMILES string of the molecule is OP(O)Oc1cccs1. The molecule has 0 aliphatic heterocycles. The molecule has 1 heterocycles. The van der Waals surface area contributed by atoms with Crippen LogP contribution in [0.4, 0.5) is 0 Å². The zero-order valence-corrected chi connectivity index (χ0v) is 6.10. The highest BCUT2D eigenvalue weighted by Crippen LogP contribution is 2.31. The van der Waals surface area contributed by atoms with E-state index < -0.39 is 8.60 Å². The zero-order valence-electron chi connectivity index (χ0n) is 4.39. The lowest BCUT2D eigenvalue weighted by Crippen LogP contribution is -1.79. The zero-order chi connectivity index (χ0) is 6.69. The molecule has 0 aliphatic rings. The van der Waals surface area contributed by atoms with E-state index in [0.717, 1.165) is 0 Å². The molecule has 0 aliphatic carbocycles. The Hall–Kier alpha value is -0.150. The minimum atomic E-state index is -2.24. The Bertz CT molecular complexity index is 162. The van der Waals surface area contributed by atoms with Crippen molar-refractivity contribution >= 4 is 19.9 Å². The first-order valence-corrected chi connectivity index (χ1v) is 4.23. The van der Waals surface area contributed by atoms with Crippen LogP contribution in [0.2, 0.25) is 0 Å². The van der Waals surface area contributed by atoms with Gasteiger partial charge in [0.15, 0.2) is 5.06 Å². The van der Waals surface area contributed by atoms with Crippen molar-refractivity contribution in [2.24, 2.45) is 0 Å². The van der Waals surface area contributed by atoms with E-state index in [2.05, 4.69) is 4.52 Å². The average Bonchev–Trinajstić information content (AvgIpc) is 2.15. The van der Waals surface area contributed by atoms with Gasteiger partial charge in [-0.25, -0.2) is 0 Å². The van der Waals surface area contributed by atoms with E-state index in [0.29, 0.717) is 5.06 Å². The molecule has 0 bridgehead atoms. The van der Waals surface area contributed by atoms with Crippen LogP contribution in [0.3, 0.4) is 0 Å². The molecular weight excluding hydrogens is 159 g/mol. The predicted molar refractivity (Wildman–Crippen MR) is 36.3 cm³/mol. The second kappa shape index (κ2) is 3.13. The molecule has 50 valence electrons. The molecular formula is C4H5O3PS. The lowest BCUT2D eigenvalue weighted by Gasteiger charge is -1.99. The van der Waals surface area contributed by atoms with E-state index in [-0.39, 0.29) is 0 Å². The Morgan fingerprint density at radius 1 is 1.56 bits per heavy atom. The van der Waals surface area contributed by atoms with Crippen LogP contribution in [0.15, 0.2) is 17.5 Å². The van der Waals surface area contributed by atoms with Gasteiger partial charge >= 0.3 is 8.60 Å². The summed E-state index contributed by atoms with van der Waals surface area (Å²) in [6.45, 7) is 0. The highest BCUT2D eigenvalue weighted by molar-refractivity contribution is 7.40. The van der Waals surface area contributed by atoms with Crippen LogP contribution < -0.4 is 4.52 Å². The van der Waals surface area contributed by atoms with Gasteiger partial charge in [0.25, 0.3) is 0 Å². The summed E-state index contributed by atoms with van der Waals surface area (Å²) < 4.78 is 4.55. The van der Waals surface area contributed by atoms with Crippen molar-refractivity contribution in [2.75, 3.05) is 0 Å². The quantitative estimate of drug-likeness (QED) is 0.648. The predicted octanol–water partition coefficient (Wildman–Crippen LogP) is 1.34. The summed E-state index contributed by atoms with van der Waals surface area (Å²) in [4.78, 5) is 16.7. The molecule has 9 heavy (non-hydrogen) atoms. The van der Waals surface area contributed by atoms with Crippen molar-refractivity contribution < 1.29 is 14.3 Å². The first kappa shape index (κ1) is 6.96. The van der Waals surface area contributed by atoms with Gasteiger partial charge in [-0.05, 0) is 17.5 Å². The van der Waals surface area contributed by atoms with E-state index in [1.54, 1.807) is 17.5 Å². The molecule has 0 unspecified atom stereocenters. The van der Waals surface area contributed by atoms with E-state index in [1.807, 2.05) is 0 Å². The van der Waals surface area contributed by atoms with E-state index >= 15 is 0 Å². The molecule has 2 N–H and O–H groups in total. The van der Waals surface area contributed by atoms with Gasteiger partial charge in [-0.3, -0.25) is 0 Å². The Balaban J connectivity index is 2.48. The van der Waals surface area contributed by atoms with Crippen molar-refractivity contribution in [1.29, 1.82) is 0 Å². The molecule has 0 radical (unpaired) electrons. The van der Waals surface area contributed by atoms with Crippen LogP contribution in [0.1, 0.15) is 0 Å². The minimum Gasteiger partial charge on any atom is -0.417 e. The number of hydrogen-bond donors (Lipinski definition) is 2. The lowest BCUT2D eigenvalue weighted by atomic mass is 10.7. The average molecular weight is 164 g/mol. The molecule has 1 aromatic heterocycles. The van der Waals surface area contributed by atoms with Gasteiger partial charge in [0, 0.05) is 0 Å². The molecule has 0 fully saturated rings. The third kappa shape index (κ3) is 2.28. The maximum absolute atomic E-state index is 8.33. The van der Waals surface area contributed by atoms with Crippen molar-refractivity contribution in [3.8, 4) is 5.06 Å². The fourth-order valence-electron chi connectivity index (χ4n) is 0.396. The fraction of sp³-hybridized carbons (Fsp3) is 0. The van der Waals surface area contributed by atoms with Crippen molar-refractivity contribution in [2.45, 2.75) is 0 Å². The van der Waals surface area contributed by atoms with E-state index in [1.165, 1.54) is 11.3 Å². The van der Waals surface area contributed by atoms with E-state index in [9.17, 15) is 0 Å². The highest BCUT2D eigenvalue weighted by atomic mass is 32.1. The Labute approximate surface area is 57.5 Å². The van der Waals surface area contributed by atoms with Gasteiger partial charge in [0.1, 0.15) is 0 Å². The van der Waals surface area contributed by atoms with E-state index in [4.69, 9.17) is 9.79 Å². The second-order valence-electron chi connectivity index (χ2n) is 1.28. The van der Waals surface area contributed by atoms with Crippen LogP contribution in [-0.2, 0) is 0 Å². The third-order valence-corrected chi connectivity index (χ3v) is 1.90. The fourth-order valence-corrected chi connectivity index (χ4v) is 1.44. The molecule has 0 saturated heterocycles. The topological polar surface area (TPSA) is 49.7 Å². The Morgan fingerprint density at radius 3 is 2.78 bits per heavy atom. The molecule has 0 amide bonds. The summed E-state index contributed by atoms with van der Waals surface area (Å²) in [6, 6.07) is 3.45. The highest BCUT2D eigenvalue weighted by Gasteiger charge is 2.00. The summed E-state index contributed by atoms with van der Waals surface area (Å²) in [7, 11) is -2.24. The molecule has 1 rings (SSSR count). The third-order valence-electron chi connectivity index (χ3n) is 0.667. The standard InChI is InChI=1S/C4H5O3PS/c5-8(6)7-4-2-1-3-9-4/h1-3,5-6H. The molecule has 3 nitrogen and oxygen atoms in total. The molecule has 0 atom stereocenters. The molecule has 0 saturated carbocycles. The van der Waals surface area contributed by atoms with Gasteiger partial charge in [-0.1, -0.05) is 0 Å². The minimum absolute atomic E-state index is 0.533. The van der Waals surface area contributed by atoms with Gasteiger partial charge < -0.3 is 14.3 Å². The molecule has 1 aromatic rings. The van der Waals surface area contributed by atoms with Gasteiger partial charge in [-0.2, -0.15) is 0 Å².